The molecule has 38 heavy (non-hydrogen) atoms. The van der Waals surface area contributed by atoms with E-state index < -0.39 is 0 Å². The van der Waals surface area contributed by atoms with Crippen molar-refractivity contribution in [1.29, 1.82) is 0 Å². The zero-order valence-corrected chi connectivity index (χ0v) is 22.2. The van der Waals surface area contributed by atoms with Crippen LogP contribution in [0.3, 0.4) is 0 Å². The van der Waals surface area contributed by atoms with Crippen molar-refractivity contribution >= 4 is 34.5 Å². The Bertz CT molecular complexity index is 1350. The first-order valence-corrected chi connectivity index (χ1v) is 13.4. The van der Waals surface area contributed by atoms with E-state index in [1.165, 1.54) is 11.1 Å². The van der Waals surface area contributed by atoms with E-state index in [9.17, 15) is 0 Å². The normalized spacial score (nSPS) is 11.0. The Labute approximate surface area is 227 Å². The van der Waals surface area contributed by atoms with Crippen LogP contribution < -0.4 is 9.80 Å². The number of aryl methyl sites for hydroxylation is 2. The van der Waals surface area contributed by atoms with E-state index in [-0.39, 0.29) is 0 Å². The maximum absolute atomic E-state index is 2.28. The number of rotatable bonds is 9. The second kappa shape index (κ2) is 12.1. The molecule has 5 aromatic carbocycles. The van der Waals surface area contributed by atoms with Gasteiger partial charge in [0, 0.05) is 34.6 Å². The minimum absolute atomic E-state index is 1.04. The molecular weight excluding hydrogens is 460 g/mol. The fourth-order valence-corrected chi connectivity index (χ4v) is 4.60. The van der Waals surface area contributed by atoms with Crippen molar-refractivity contribution in [3.63, 3.8) is 0 Å². The van der Waals surface area contributed by atoms with Gasteiger partial charge in [-0.25, -0.2) is 0 Å². The fourth-order valence-electron chi connectivity index (χ4n) is 4.60. The van der Waals surface area contributed by atoms with Crippen molar-refractivity contribution in [3.05, 3.63) is 156 Å². The highest BCUT2D eigenvalue weighted by atomic mass is 15.1. The lowest BCUT2D eigenvalue weighted by Crippen LogP contribution is -2.09. The maximum atomic E-state index is 2.28. The Balaban J connectivity index is 1.45. The Kier molecular flexibility index (Phi) is 8.01. The van der Waals surface area contributed by atoms with Gasteiger partial charge in [-0.15, -0.1) is 0 Å². The van der Waals surface area contributed by atoms with Crippen molar-refractivity contribution in [2.24, 2.45) is 0 Å². The third kappa shape index (κ3) is 5.87. The summed E-state index contributed by atoms with van der Waals surface area (Å²) in [5.41, 5.74) is 9.54. The van der Waals surface area contributed by atoms with Gasteiger partial charge in [-0.3, -0.25) is 0 Å². The molecule has 0 heterocycles. The Morgan fingerprint density at radius 3 is 1.26 bits per heavy atom. The zero-order valence-electron chi connectivity index (χ0n) is 22.2. The van der Waals surface area contributed by atoms with Crippen LogP contribution in [0.2, 0.25) is 0 Å². The van der Waals surface area contributed by atoms with Crippen LogP contribution in [-0.2, 0) is 12.8 Å². The third-order valence-electron chi connectivity index (χ3n) is 6.84. The number of hydrogen-bond donors (Lipinski definition) is 0. The summed E-state index contributed by atoms with van der Waals surface area (Å²) in [6.45, 7) is 4.38. The summed E-state index contributed by atoms with van der Waals surface area (Å²) in [5.74, 6) is 0. The molecule has 5 aromatic rings. The molecule has 188 valence electrons. The van der Waals surface area contributed by atoms with Crippen molar-refractivity contribution in [2.45, 2.75) is 26.7 Å². The lowest BCUT2D eigenvalue weighted by molar-refractivity contribution is 1.13. The summed E-state index contributed by atoms with van der Waals surface area (Å²) in [6, 6.07) is 47.4. The van der Waals surface area contributed by atoms with E-state index in [0.717, 1.165) is 46.8 Å². The molecule has 0 radical (unpaired) electrons. The number of anilines is 5. The summed E-state index contributed by atoms with van der Waals surface area (Å²) in [4.78, 5) is 4.54. The summed E-state index contributed by atoms with van der Waals surface area (Å²) in [5, 5.41) is 0. The van der Waals surface area contributed by atoms with E-state index in [0.29, 0.717) is 0 Å². The molecule has 0 spiro atoms. The second-order valence-corrected chi connectivity index (χ2v) is 9.32. The van der Waals surface area contributed by atoms with Gasteiger partial charge in [0.1, 0.15) is 0 Å². The molecule has 0 unspecified atom stereocenters. The predicted molar refractivity (Wildman–Crippen MR) is 164 cm³/mol. The van der Waals surface area contributed by atoms with Crippen molar-refractivity contribution < 1.29 is 0 Å². The van der Waals surface area contributed by atoms with Crippen molar-refractivity contribution in [3.8, 4) is 0 Å². The van der Waals surface area contributed by atoms with Crippen LogP contribution in [0.4, 0.5) is 28.4 Å². The van der Waals surface area contributed by atoms with Crippen LogP contribution in [0.15, 0.2) is 140 Å². The first-order chi connectivity index (χ1) is 18.7. The van der Waals surface area contributed by atoms with Gasteiger partial charge in [-0.05, 0) is 96.3 Å². The van der Waals surface area contributed by atoms with Gasteiger partial charge < -0.3 is 9.80 Å². The molecule has 5 rings (SSSR count). The summed E-state index contributed by atoms with van der Waals surface area (Å²) in [6.07, 6.45) is 6.43. The van der Waals surface area contributed by atoms with Crippen LogP contribution in [0.25, 0.3) is 6.08 Å². The molecule has 0 bridgehead atoms. The monoisotopic (exact) mass is 494 g/mol. The first kappa shape index (κ1) is 25.1. The molecule has 0 saturated heterocycles. The van der Waals surface area contributed by atoms with Gasteiger partial charge in [0.2, 0.25) is 0 Å². The van der Waals surface area contributed by atoms with Crippen LogP contribution in [-0.4, -0.2) is 0 Å². The van der Waals surface area contributed by atoms with Crippen molar-refractivity contribution in [1.82, 2.24) is 0 Å². The van der Waals surface area contributed by atoms with E-state index in [2.05, 4.69) is 169 Å². The molecule has 0 aliphatic heterocycles. The highest BCUT2D eigenvalue weighted by Crippen LogP contribution is 2.34. The maximum Gasteiger partial charge on any atom is 0.0462 e. The lowest BCUT2D eigenvalue weighted by Gasteiger charge is -2.25. The fraction of sp³-hybridized carbons (Fsp3) is 0.111. The molecule has 0 aromatic heterocycles. The molecule has 0 amide bonds. The van der Waals surface area contributed by atoms with Gasteiger partial charge in [0.15, 0.2) is 0 Å². The summed E-state index contributed by atoms with van der Waals surface area (Å²) in [7, 11) is 0. The van der Waals surface area contributed by atoms with Crippen LogP contribution in [0.1, 0.15) is 30.5 Å². The second-order valence-electron chi connectivity index (χ2n) is 9.32. The molecule has 2 nitrogen and oxygen atoms in total. The minimum Gasteiger partial charge on any atom is -0.317 e. The average Bonchev–Trinajstić information content (AvgIpc) is 3.00. The summed E-state index contributed by atoms with van der Waals surface area (Å²) >= 11 is 0. The van der Waals surface area contributed by atoms with E-state index in [1.807, 2.05) is 0 Å². The quantitative estimate of drug-likeness (QED) is 0.201. The molecule has 0 atom stereocenters. The highest BCUT2D eigenvalue weighted by molar-refractivity contribution is 5.77. The third-order valence-corrected chi connectivity index (χ3v) is 6.84. The number of para-hydroxylation sites is 2. The van der Waals surface area contributed by atoms with Gasteiger partial charge in [-0.1, -0.05) is 86.6 Å². The smallest absolute Gasteiger partial charge is 0.0462 e. The van der Waals surface area contributed by atoms with Crippen LogP contribution >= 0.6 is 0 Å². The molecule has 0 aliphatic carbocycles. The van der Waals surface area contributed by atoms with Gasteiger partial charge >= 0.3 is 0 Å². The van der Waals surface area contributed by atoms with E-state index in [4.69, 9.17) is 0 Å². The Morgan fingerprint density at radius 1 is 0.447 bits per heavy atom. The van der Waals surface area contributed by atoms with Crippen LogP contribution in [0.5, 0.6) is 0 Å². The molecule has 0 aliphatic rings. The first-order valence-electron chi connectivity index (χ1n) is 13.4. The Morgan fingerprint density at radius 2 is 0.842 bits per heavy atom. The Hall–Kier alpha value is -4.56. The molecule has 0 fully saturated rings. The standard InChI is InChI=1S/C36H34N2/c1-3-29-15-21-32(22-16-29)37(33-23-17-30(4-2)18-24-33)28-27-31-19-25-36(26-20-31)38(34-11-7-5-8-12-34)35-13-9-6-10-14-35/h5-28H,3-4H2,1-2H3/b28-27+. The average molecular weight is 495 g/mol. The van der Waals surface area contributed by atoms with Crippen molar-refractivity contribution in [2.75, 3.05) is 9.80 Å². The largest absolute Gasteiger partial charge is 0.317 e. The number of benzene rings is 5. The molecule has 0 N–H and O–H groups in total. The van der Waals surface area contributed by atoms with Gasteiger partial charge in [0.05, 0.1) is 0 Å². The molecule has 2 heteroatoms. The molecule has 0 saturated carbocycles. The predicted octanol–water partition coefficient (Wildman–Crippen LogP) is 10.1. The lowest BCUT2D eigenvalue weighted by atomic mass is 10.1. The molecular formula is C36H34N2. The number of nitrogens with zero attached hydrogens (tertiary/aromatic N) is 2. The number of hydrogen-bond acceptors (Lipinski definition) is 2. The highest BCUT2D eigenvalue weighted by Gasteiger charge is 2.12. The minimum atomic E-state index is 1.04. The summed E-state index contributed by atoms with van der Waals surface area (Å²) < 4.78 is 0. The zero-order chi connectivity index (χ0) is 26.2. The SMILES string of the molecule is CCc1ccc(N(/C=C/c2ccc(N(c3ccccc3)c3ccccc3)cc2)c2ccc(CC)cc2)cc1. The topological polar surface area (TPSA) is 6.48 Å². The van der Waals surface area contributed by atoms with E-state index >= 15 is 0 Å². The van der Waals surface area contributed by atoms with Gasteiger partial charge in [0.25, 0.3) is 0 Å². The van der Waals surface area contributed by atoms with Crippen LogP contribution in [0, 0.1) is 0 Å². The van der Waals surface area contributed by atoms with E-state index in [1.54, 1.807) is 0 Å². The van der Waals surface area contributed by atoms with Gasteiger partial charge in [-0.2, -0.15) is 0 Å².